The van der Waals surface area contributed by atoms with Crippen LogP contribution in [0.4, 0.5) is 5.69 Å². The largest absolute Gasteiger partial charge is 0.495 e. The first-order valence-corrected chi connectivity index (χ1v) is 10.9. The maximum absolute atomic E-state index is 12.6. The highest BCUT2D eigenvalue weighted by molar-refractivity contribution is 7.80. The van der Waals surface area contributed by atoms with Crippen LogP contribution in [0.5, 0.6) is 11.5 Å². The van der Waals surface area contributed by atoms with Crippen LogP contribution >= 0.6 is 12.2 Å². The van der Waals surface area contributed by atoms with Crippen LogP contribution in [-0.4, -0.2) is 24.7 Å². The molecule has 7 nitrogen and oxygen atoms in total. The zero-order valence-electron chi connectivity index (χ0n) is 18.6. The normalized spacial score (nSPS) is 10.5. The number of hydrogen-bond donors (Lipinski definition) is 2. The number of methoxy groups -OCH3 is 1. The van der Waals surface area contributed by atoms with Gasteiger partial charge in [-0.1, -0.05) is 42.5 Å². The molecule has 3 aromatic carbocycles. The Morgan fingerprint density at radius 3 is 2.56 bits per heavy atom. The zero-order chi connectivity index (χ0) is 24.1. The summed E-state index contributed by atoms with van der Waals surface area (Å²) in [6.07, 6.45) is 0. The monoisotopic (exact) mass is 474 g/mol. The van der Waals surface area contributed by atoms with E-state index >= 15 is 0 Å². The van der Waals surface area contributed by atoms with Crippen molar-refractivity contribution in [2.45, 2.75) is 6.92 Å². The molecule has 1 amide bonds. The molecule has 0 spiro atoms. The van der Waals surface area contributed by atoms with Gasteiger partial charge in [-0.15, -0.1) is 0 Å². The number of amides is 1. The molecule has 2 N–H and O–H groups in total. The molecule has 0 unspecified atom stereocenters. The van der Waals surface area contributed by atoms with E-state index in [2.05, 4.69) is 10.6 Å². The van der Waals surface area contributed by atoms with Crippen molar-refractivity contribution in [2.75, 3.05) is 19.0 Å². The molecule has 172 valence electrons. The van der Waals surface area contributed by atoms with Crippen LogP contribution in [0.1, 0.15) is 5.56 Å². The van der Waals surface area contributed by atoms with Crippen LogP contribution in [0, 0.1) is 6.92 Å². The second-order valence-electron chi connectivity index (χ2n) is 7.46. The molecular formula is C26H22N2O5S. The lowest BCUT2D eigenvalue weighted by molar-refractivity contribution is -0.121. The average molecular weight is 475 g/mol. The Kier molecular flexibility index (Phi) is 6.89. The van der Waals surface area contributed by atoms with E-state index in [4.69, 9.17) is 26.1 Å². The highest BCUT2D eigenvalue weighted by Gasteiger charge is 2.13. The maximum Gasteiger partial charge on any atom is 0.344 e. The Hall–Kier alpha value is -4.17. The maximum atomic E-state index is 12.6. The summed E-state index contributed by atoms with van der Waals surface area (Å²) in [6.45, 7) is 1.71. The van der Waals surface area contributed by atoms with Gasteiger partial charge in [-0.25, -0.2) is 4.79 Å². The van der Waals surface area contributed by atoms with Crippen LogP contribution in [0.3, 0.4) is 0 Å². The minimum absolute atomic E-state index is 0.0689. The van der Waals surface area contributed by atoms with Crippen LogP contribution in [-0.2, 0) is 4.79 Å². The van der Waals surface area contributed by atoms with Crippen molar-refractivity contribution in [2.24, 2.45) is 0 Å². The number of anilines is 1. The van der Waals surface area contributed by atoms with Crippen LogP contribution in [0.2, 0.25) is 0 Å². The predicted molar refractivity (Wildman–Crippen MR) is 136 cm³/mol. The molecule has 0 saturated heterocycles. The molecule has 1 heterocycles. The standard InChI is InChI=1S/C26H22N2O5S/c1-16-7-3-5-9-21(16)32-15-24(29)28-26(34)27-20-14-17(11-12-23(20)31-2)19-13-18-8-4-6-10-22(18)33-25(19)30/h3-14H,15H2,1-2H3,(H2,27,28,29,34). The van der Waals surface area contributed by atoms with Gasteiger partial charge in [0.25, 0.3) is 5.91 Å². The number of benzene rings is 3. The number of ether oxygens (including phenoxy) is 2. The smallest absolute Gasteiger partial charge is 0.344 e. The summed E-state index contributed by atoms with van der Waals surface area (Å²) in [5.74, 6) is 0.702. The Balaban J connectivity index is 1.49. The molecular weight excluding hydrogens is 452 g/mol. The molecule has 0 aliphatic carbocycles. The number of hydrogen-bond acceptors (Lipinski definition) is 6. The molecule has 0 aliphatic rings. The van der Waals surface area contributed by atoms with E-state index in [0.29, 0.717) is 33.9 Å². The molecule has 8 heteroatoms. The lowest BCUT2D eigenvalue weighted by atomic mass is 10.0. The topological polar surface area (TPSA) is 89.8 Å². The molecule has 4 aromatic rings. The number of para-hydroxylation sites is 2. The zero-order valence-corrected chi connectivity index (χ0v) is 19.4. The second kappa shape index (κ2) is 10.2. The Bertz CT molecular complexity index is 1430. The molecule has 0 aliphatic heterocycles. The van der Waals surface area contributed by atoms with Gasteiger partial charge in [0.15, 0.2) is 11.7 Å². The van der Waals surface area contributed by atoms with Crippen molar-refractivity contribution >= 4 is 39.9 Å². The third kappa shape index (κ3) is 5.24. The number of carbonyl (C=O) groups is 1. The van der Waals surface area contributed by atoms with Crippen LogP contribution < -0.4 is 25.7 Å². The van der Waals surface area contributed by atoms with E-state index in [1.807, 2.05) is 43.3 Å². The van der Waals surface area contributed by atoms with Crippen molar-refractivity contribution in [3.05, 3.63) is 88.8 Å². The number of nitrogens with one attached hydrogen (secondary N) is 2. The molecule has 0 bridgehead atoms. The van der Waals surface area contributed by atoms with Gasteiger partial charge in [0.1, 0.15) is 17.1 Å². The quantitative estimate of drug-likeness (QED) is 0.310. The van der Waals surface area contributed by atoms with Gasteiger partial charge in [0.2, 0.25) is 0 Å². The van der Waals surface area contributed by atoms with E-state index in [-0.39, 0.29) is 11.7 Å². The Labute approximate surface area is 201 Å². The van der Waals surface area contributed by atoms with Crippen molar-refractivity contribution in [1.29, 1.82) is 0 Å². The lowest BCUT2D eigenvalue weighted by Gasteiger charge is -2.15. The summed E-state index contributed by atoms with van der Waals surface area (Å²) in [5, 5.41) is 6.41. The minimum atomic E-state index is -0.459. The number of aryl methyl sites for hydroxylation is 1. The third-order valence-corrected chi connectivity index (χ3v) is 5.31. The van der Waals surface area contributed by atoms with Gasteiger partial charge in [-0.05, 0) is 60.6 Å². The lowest BCUT2D eigenvalue weighted by Crippen LogP contribution is -2.37. The second-order valence-corrected chi connectivity index (χ2v) is 7.87. The molecule has 34 heavy (non-hydrogen) atoms. The number of rotatable bonds is 6. The average Bonchev–Trinajstić information content (AvgIpc) is 2.83. The SMILES string of the molecule is COc1ccc(-c2cc3ccccc3oc2=O)cc1NC(=S)NC(=O)COc1ccccc1C. The summed E-state index contributed by atoms with van der Waals surface area (Å²) in [6, 6.07) is 21.6. The Morgan fingerprint density at radius 2 is 1.76 bits per heavy atom. The number of carbonyl (C=O) groups excluding carboxylic acids is 1. The van der Waals surface area contributed by atoms with Crippen LogP contribution in [0.15, 0.2) is 82.0 Å². The first-order chi connectivity index (χ1) is 16.4. The fourth-order valence-electron chi connectivity index (χ4n) is 3.41. The van der Waals surface area contributed by atoms with Gasteiger partial charge < -0.3 is 19.2 Å². The number of thiocarbonyl (C=S) groups is 1. The summed E-state index contributed by atoms with van der Waals surface area (Å²) >= 11 is 5.29. The molecule has 0 saturated carbocycles. The summed E-state index contributed by atoms with van der Waals surface area (Å²) in [4.78, 5) is 24.9. The molecule has 0 fully saturated rings. The van der Waals surface area contributed by atoms with E-state index in [1.54, 1.807) is 36.4 Å². The Morgan fingerprint density at radius 1 is 1.00 bits per heavy atom. The molecule has 0 radical (unpaired) electrons. The summed E-state index contributed by atoms with van der Waals surface area (Å²) in [5.41, 5.74) is 2.47. The fraction of sp³-hybridized carbons (Fsp3) is 0.115. The van der Waals surface area contributed by atoms with E-state index in [9.17, 15) is 9.59 Å². The van der Waals surface area contributed by atoms with Gasteiger partial charge >= 0.3 is 5.63 Å². The molecule has 1 aromatic heterocycles. The number of fused-ring (bicyclic) bond motifs is 1. The first-order valence-electron chi connectivity index (χ1n) is 10.4. The highest BCUT2D eigenvalue weighted by Crippen LogP contribution is 2.30. The van der Waals surface area contributed by atoms with Crippen molar-refractivity contribution in [3.8, 4) is 22.6 Å². The van der Waals surface area contributed by atoms with Gasteiger partial charge in [-0.2, -0.15) is 0 Å². The van der Waals surface area contributed by atoms with Crippen molar-refractivity contribution in [1.82, 2.24) is 5.32 Å². The van der Waals surface area contributed by atoms with Gasteiger partial charge in [0.05, 0.1) is 18.4 Å². The van der Waals surface area contributed by atoms with Crippen molar-refractivity contribution in [3.63, 3.8) is 0 Å². The first kappa shape index (κ1) is 23.0. The third-order valence-electron chi connectivity index (χ3n) is 5.11. The predicted octanol–water partition coefficient (Wildman–Crippen LogP) is 4.67. The minimum Gasteiger partial charge on any atom is -0.495 e. The van der Waals surface area contributed by atoms with Gasteiger partial charge in [-0.3, -0.25) is 10.1 Å². The van der Waals surface area contributed by atoms with Gasteiger partial charge in [0, 0.05) is 5.39 Å². The highest BCUT2D eigenvalue weighted by atomic mass is 32.1. The summed E-state index contributed by atoms with van der Waals surface area (Å²) in [7, 11) is 1.52. The fourth-order valence-corrected chi connectivity index (χ4v) is 3.64. The molecule has 4 rings (SSSR count). The van der Waals surface area contributed by atoms with E-state index in [0.717, 1.165) is 10.9 Å². The van der Waals surface area contributed by atoms with Crippen molar-refractivity contribution < 1.29 is 18.7 Å². The van der Waals surface area contributed by atoms with E-state index < -0.39 is 11.5 Å². The van der Waals surface area contributed by atoms with E-state index in [1.165, 1.54) is 7.11 Å². The summed E-state index contributed by atoms with van der Waals surface area (Å²) < 4.78 is 16.4. The van der Waals surface area contributed by atoms with Crippen LogP contribution in [0.25, 0.3) is 22.1 Å². The molecule has 0 atom stereocenters.